The molecule has 2 atom stereocenters. The predicted molar refractivity (Wildman–Crippen MR) is 70.8 cm³/mol. The van der Waals surface area contributed by atoms with Crippen LogP contribution in [-0.4, -0.2) is 27.7 Å². The SMILES string of the molecule is CC1CC(c2nc(Cc3cccnc3)no2)CCN1. The number of pyridine rings is 1. The number of nitrogens with zero attached hydrogens (tertiary/aromatic N) is 3. The van der Waals surface area contributed by atoms with Crippen LogP contribution in [-0.2, 0) is 6.42 Å². The molecule has 2 unspecified atom stereocenters. The first-order chi connectivity index (χ1) is 9.31. The number of hydrogen-bond acceptors (Lipinski definition) is 5. The highest BCUT2D eigenvalue weighted by atomic mass is 16.5. The summed E-state index contributed by atoms with van der Waals surface area (Å²) in [5.41, 5.74) is 1.11. The molecule has 0 spiro atoms. The smallest absolute Gasteiger partial charge is 0.229 e. The van der Waals surface area contributed by atoms with E-state index in [1.165, 1.54) is 0 Å². The van der Waals surface area contributed by atoms with Crippen LogP contribution in [0.15, 0.2) is 29.0 Å². The number of hydrogen-bond donors (Lipinski definition) is 1. The lowest BCUT2D eigenvalue weighted by Crippen LogP contribution is -2.34. The maximum atomic E-state index is 5.42. The molecule has 2 aromatic rings. The molecule has 3 rings (SSSR count). The van der Waals surface area contributed by atoms with Crippen molar-refractivity contribution in [2.75, 3.05) is 6.54 Å². The summed E-state index contributed by atoms with van der Waals surface area (Å²) in [4.78, 5) is 8.62. The van der Waals surface area contributed by atoms with Gasteiger partial charge in [0.1, 0.15) is 0 Å². The Bertz CT molecular complexity index is 525. The molecule has 1 N–H and O–H groups in total. The van der Waals surface area contributed by atoms with Crippen molar-refractivity contribution in [2.24, 2.45) is 0 Å². The highest BCUT2D eigenvalue weighted by Gasteiger charge is 2.24. The van der Waals surface area contributed by atoms with E-state index in [1.54, 1.807) is 6.20 Å². The molecule has 5 heteroatoms. The fourth-order valence-corrected chi connectivity index (χ4v) is 2.55. The van der Waals surface area contributed by atoms with Gasteiger partial charge in [0.05, 0.1) is 0 Å². The first-order valence-electron chi connectivity index (χ1n) is 6.76. The van der Waals surface area contributed by atoms with Gasteiger partial charge in [0, 0.05) is 30.8 Å². The predicted octanol–water partition coefficient (Wildman–Crippen LogP) is 1.91. The Morgan fingerprint density at radius 3 is 3.21 bits per heavy atom. The molecule has 1 fully saturated rings. The van der Waals surface area contributed by atoms with Gasteiger partial charge in [-0.3, -0.25) is 4.98 Å². The third-order valence-corrected chi connectivity index (χ3v) is 3.54. The van der Waals surface area contributed by atoms with Crippen LogP contribution in [0.4, 0.5) is 0 Å². The fourth-order valence-electron chi connectivity index (χ4n) is 2.55. The third-order valence-electron chi connectivity index (χ3n) is 3.54. The topological polar surface area (TPSA) is 63.8 Å². The average Bonchev–Trinajstić information content (AvgIpc) is 2.88. The van der Waals surface area contributed by atoms with Crippen LogP contribution in [0, 0.1) is 0 Å². The molecule has 2 aromatic heterocycles. The fraction of sp³-hybridized carbons (Fsp3) is 0.500. The second-order valence-electron chi connectivity index (χ2n) is 5.16. The first-order valence-corrected chi connectivity index (χ1v) is 6.76. The summed E-state index contributed by atoms with van der Waals surface area (Å²) < 4.78 is 5.42. The summed E-state index contributed by atoms with van der Waals surface area (Å²) in [6.45, 7) is 3.21. The standard InChI is InChI=1S/C14H18N4O/c1-10-7-12(4-6-16-10)14-17-13(18-19-14)8-11-3-2-5-15-9-11/h2-3,5,9-10,12,16H,4,6-8H2,1H3. The zero-order valence-electron chi connectivity index (χ0n) is 11.0. The molecule has 5 nitrogen and oxygen atoms in total. The largest absolute Gasteiger partial charge is 0.339 e. The first kappa shape index (κ1) is 12.3. The Labute approximate surface area is 112 Å². The molecular weight excluding hydrogens is 240 g/mol. The highest BCUT2D eigenvalue weighted by Crippen LogP contribution is 2.26. The van der Waals surface area contributed by atoms with Crippen molar-refractivity contribution >= 4 is 0 Å². The number of aromatic nitrogens is 3. The normalized spacial score (nSPS) is 23.4. The van der Waals surface area contributed by atoms with Gasteiger partial charge in [-0.1, -0.05) is 11.2 Å². The van der Waals surface area contributed by atoms with E-state index in [0.717, 1.165) is 36.7 Å². The van der Waals surface area contributed by atoms with Crippen molar-refractivity contribution in [3.8, 4) is 0 Å². The Morgan fingerprint density at radius 2 is 2.42 bits per heavy atom. The Morgan fingerprint density at radius 1 is 1.47 bits per heavy atom. The van der Waals surface area contributed by atoms with Crippen LogP contribution in [0.1, 0.15) is 43.0 Å². The molecule has 1 aliphatic heterocycles. The van der Waals surface area contributed by atoms with Crippen molar-refractivity contribution in [2.45, 2.75) is 38.1 Å². The Balaban J connectivity index is 1.69. The average molecular weight is 258 g/mol. The number of nitrogens with one attached hydrogen (secondary N) is 1. The van der Waals surface area contributed by atoms with Gasteiger partial charge in [-0.2, -0.15) is 4.98 Å². The lowest BCUT2D eigenvalue weighted by atomic mass is 9.93. The summed E-state index contributed by atoms with van der Waals surface area (Å²) in [6.07, 6.45) is 6.41. The van der Waals surface area contributed by atoms with Crippen LogP contribution in [0.25, 0.3) is 0 Å². The van der Waals surface area contributed by atoms with Gasteiger partial charge in [0.15, 0.2) is 5.82 Å². The van der Waals surface area contributed by atoms with E-state index in [4.69, 9.17) is 4.52 Å². The molecule has 0 saturated carbocycles. The summed E-state index contributed by atoms with van der Waals surface area (Å²) in [6, 6.07) is 4.47. The monoisotopic (exact) mass is 258 g/mol. The second kappa shape index (κ2) is 5.48. The van der Waals surface area contributed by atoms with Crippen LogP contribution < -0.4 is 5.32 Å². The highest BCUT2D eigenvalue weighted by molar-refractivity contribution is 5.14. The molecule has 0 radical (unpaired) electrons. The summed E-state index contributed by atoms with van der Waals surface area (Å²) in [5.74, 6) is 1.92. The molecule has 0 bridgehead atoms. The van der Waals surface area contributed by atoms with Gasteiger partial charge in [-0.15, -0.1) is 0 Å². The minimum Gasteiger partial charge on any atom is -0.339 e. The minimum absolute atomic E-state index is 0.395. The van der Waals surface area contributed by atoms with E-state index in [9.17, 15) is 0 Å². The van der Waals surface area contributed by atoms with E-state index in [-0.39, 0.29) is 0 Å². The Hall–Kier alpha value is -1.75. The van der Waals surface area contributed by atoms with Gasteiger partial charge < -0.3 is 9.84 Å². The van der Waals surface area contributed by atoms with E-state index in [0.29, 0.717) is 18.4 Å². The van der Waals surface area contributed by atoms with E-state index >= 15 is 0 Å². The van der Waals surface area contributed by atoms with Crippen molar-refractivity contribution < 1.29 is 4.52 Å². The van der Waals surface area contributed by atoms with Crippen molar-refractivity contribution in [3.05, 3.63) is 41.8 Å². The lowest BCUT2D eigenvalue weighted by molar-refractivity contribution is 0.294. The van der Waals surface area contributed by atoms with E-state index < -0.39 is 0 Å². The molecule has 3 heterocycles. The van der Waals surface area contributed by atoms with Crippen LogP contribution >= 0.6 is 0 Å². The van der Waals surface area contributed by atoms with E-state index in [1.807, 2.05) is 18.3 Å². The summed E-state index contributed by atoms with van der Waals surface area (Å²) in [7, 11) is 0. The Kier molecular flexibility index (Phi) is 3.55. The van der Waals surface area contributed by atoms with Gasteiger partial charge >= 0.3 is 0 Å². The minimum atomic E-state index is 0.395. The van der Waals surface area contributed by atoms with E-state index in [2.05, 4.69) is 27.4 Å². The van der Waals surface area contributed by atoms with Crippen molar-refractivity contribution in [3.63, 3.8) is 0 Å². The zero-order valence-corrected chi connectivity index (χ0v) is 11.0. The number of rotatable bonds is 3. The molecule has 1 aliphatic rings. The third kappa shape index (κ3) is 2.98. The second-order valence-corrected chi connectivity index (χ2v) is 5.16. The molecule has 0 amide bonds. The molecule has 100 valence electrons. The van der Waals surface area contributed by atoms with Gasteiger partial charge in [-0.05, 0) is 37.9 Å². The molecular formula is C14H18N4O. The maximum Gasteiger partial charge on any atom is 0.229 e. The van der Waals surface area contributed by atoms with Crippen LogP contribution in [0.5, 0.6) is 0 Å². The lowest BCUT2D eigenvalue weighted by Gasteiger charge is -2.25. The summed E-state index contributed by atoms with van der Waals surface area (Å²) in [5, 5.41) is 7.51. The van der Waals surface area contributed by atoms with Gasteiger partial charge in [0.2, 0.25) is 5.89 Å². The van der Waals surface area contributed by atoms with Crippen molar-refractivity contribution in [1.29, 1.82) is 0 Å². The van der Waals surface area contributed by atoms with Gasteiger partial charge in [-0.25, -0.2) is 0 Å². The molecule has 1 saturated heterocycles. The molecule has 19 heavy (non-hydrogen) atoms. The van der Waals surface area contributed by atoms with Crippen LogP contribution in [0.3, 0.4) is 0 Å². The molecule has 0 aliphatic carbocycles. The summed E-state index contributed by atoms with van der Waals surface area (Å²) >= 11 is 0. The maximum absolute atomic E-state index is 5.42. The van der Waals surface area contributed by atoms with Gasteiger partial charge in [0.25, 0.3) is 0 Å². The number of piperidine rings is 1. The molecule has 0 aromatic carbocycles. The van der Waals surface area contributed by atoms with Crippen LogP contribution in [0.2, 0.25) is 0 Å². The quantitative estimate of drug-likeness (QED) is 0.911. The zero-order chi connectivity index (χ0) is 13.1. The van der Waals surface area contributed by atoms with Crippen molar-refractivity contribution in [1.82, 2.24) is 20.4 Å².